The number of hydrogen-bond acceptors (Lipinski definition) is 6. The maximum absolute atomic E-state index is 12.7. The van der Waals surface area contributed by atoms with Crippen molar-refractivity contribution in [3.05, 3.63) is 101 Å². The highest BCUT2D eigenvalue weighted by molar-refractivity contribution is 7.87. The van der Waals surface area contributed by atoms with E-state index >= 15 is 0 Å². The van der Waals surface area contributed by atoms with Crippen LogP contribution in [0.2, 0.25) is 0 Å². The molecule has 36 heavy (non-hydrogen) atoms. The number of hydrogen-bond donors (Lipinski definition) is 3. The number of carboxylic acid groups (broad SMARTS) is 1. The number of benzene rings is 3. The predicted molar refractivity (Wildman–Crippen MR) is 133 cm³/mol. The lowest BCUT2D eigenvalue weighted by Crippen LogP contribution is -2.42. The molecule has 10 heteroatoms. The van der Waals surface area contributed by atoms with Gasteiger partial charge in [-0.05, 0) is 61.9 Å². The quantitative estimate of drug-likeness (QED) is 0.298. The normalized spacial score (nSPS) is 12.3. The van der Waals surface area contributed by atoms with Crippen molar-refractivity contribution in [2.24, 2.45) is 0 Å². The summed E-state index contributed by atoms with van der Waals surface area (Å²) in [6, 6.07) is 19.0. The fourth-order valence-electron chi connectivity index (χ4n) is 2.94. The molecule has 0 heterocycles. The molecule has 0 saturated carbocycles. The van der Waals surface area contributed by atoms with Crippen LogP contribution in [0.3, 0.4) is 0 Å². The lowest BCUT2D eigenvalue weighted by atomic mass is 10.1. The Labute approximate surface area is 208 Å². The van der Waals surface area contributed by atoms with Crippen LogP contribution in [-0.4, -0.2) is 37.3 Å². The number of rotatable bonds is 9. The van der Waals surface area contributed by atoms with Gasteiger partial charge < -0.3 is 19.9 Å². The van der Waals surface area contributed by atoms with Gasteiger partial charge in [0, 0.05) is 5.56 Å². The van der Waals surface area contributed by atoms with Crippen LogP contribution >= 0.6 is 0 Å². The molecule has 0 fully saturated rings. The highest BCUT2D eigenvalue weighted by Crippen LogP contribution is 2.20. The van der Waals surface area contributed by atoms with E-state index in [0.29, 0.717) is 11.1 Å². The molecule has 1 atom stereocenters. The van der Waals surface area contributed by atoms with Gasteiger partial charge >= 0.3 is 16.1 Å². The van der Waals surface area contributed by atoms with E-state index in [-0.39, 0.29) is 16.3 Å². The van der Waals surface area contributed by atoms with Crippen molar-refractivity contribution < 1.29 is 32.1 Å². The fourth-order valence-corrected chi connectivity index (χ4v) is 3.87. The van der Waals surface area contributed by atoms with Crippen LogP contribution in [0.25, 0.3) is 6.08 Å². The molecule has 9 nitrogen and oxygen atoms in total. The number of nitrogens with one attached hydrogen (secondary N) is 2. The van der Waals surface area contributed by atoms with Crippen molar-refractivity contribution in [1.29, 1.82) is 0 Å². The Hall–Kier alpha value is -4.44. The van der Waals surface area contributed by atoms with E-state index < -0.39 is 33.9 Å². The SMILES string of the molecule is Cc1ccc(S(=O)(=O)Oc2ccc(/C=C(\NC(=O)c3ccccc3)C(=O)N[C@H](C)C(=O)O)cc2)cc1. The van der Waals surface area contributed by atoms with E-state index in [2.05, 4.69) is 10.6 Å². The van der Waals surface area contributed by atoms with Crippen LogP contribution in [0.4, 0.5) is 0 Å². The summed E-state index contributed by atoms with van der Waals surface area (Å²) in [4.78, 5) is 36.5. The maximum atomic E-state index is 12.7. The average molecular weight is 509 g/mol. The zero-order valence-corrected chi connectivity index (χ0v) is 20.3. The molecule has 0 unspecified atom stereocenters. The topological polar surface area (TPSA) is 139 Å². The van der Waals surface area contributed by atoms with Crippen LogP contribution in [0.5, 0.6) is 5.75 Å². The molecule has 0 radical (unpaired) electrons. The monoisotopic (exact) mass is 508 g/mol. The number of amides is 2. The number of aliphatic carboxylic acids is 1. The molecular weight excluding hydrogens is 484 g/mol. The van der Waals surface area contributed by atoms with Gasteiger partial charge in [-0.3, -0.25) is 14.4 Å². The first-order valence-electron chi connectivity index (χ1n) is 10.8. The zero-order chi connectivity index (χ0) is 26.3. The molecular formula is C26H24N2O7S. The second kappa shape index (κ2) is 11.3. The second-order valence-corrected chi connectivity index (χ2v) is 9.38. The molecule has 0 saturated heterocycles. The van der Waals surface area contributed by atoms with Gasteiger partial charge in [-0.1, -0.05) is 48.0 Å². The highest BCUT2D eigenvalue weighted by Gasteiger charge is 2.20. The van der Waals surface area contributed by atoms with Crippen LogP contribution in [0.1, 0.15) is 28.4 Å². The van der Waals surface area contributed by atoms with Gasteiger partial charge in [0.1, 0.15) is 22.4 Å². The summed E-state index contributed by atoms with van der Waals surface area (Å²) in [5.74, 6) is -2.57. The van der Waals surface area contributed by atoms with Crippen molar-refractivity contribution >= 4 is 34.0 Å². The Kier molecular flexibility index (Phi) is 8.23. The van der Waals surface area contributed by atoms with Crippen LogP contribution in [0.15, 0.2) is 89.5 Å². The minimum atomic E-state index is -4.04. The highest BCUT2D eigenvalue weighted by atomic mass is 32.2. The Morgan fingerprint density at radius 1 is 0.917 bits per heavy atom. The van der Waals surface area contributed by atoms with E-state index in [9.17, 15) is 22.8 Å². The number of carboxylic acids is 1. The van der Waals surface area contributed by atoms with E-state index in [1.807, 2.05) is 6.92 Å². The summed E-state index contributed by atoms with van der Waals surface area (Å²) >= 11 is 0. The van der Waals surface area contributed by atoms with Crippen LogP contribution < -0.4 is 14.8 Å². The molecule has 0 aliphatic heterocycles. The summed E-state index contributed by atoms with van der Waals surface area (Å²) in [7, 11) is -4.04. The Bertz CT molecular complexity index is 1380. The summed E-state index contributed by atoms with van der Waals surface area (Å²) in [6.07, 6.45) is 1.34. The number of carbonyl (C=O) groups is 3. The molecule has 3 aromatic carbocycles. The molecule has 0 spiro atoms. The van der Waals surface area contributed by atoms with Gasteiger partial charge in [-0.25, -0.2) is 0 Å². The van der Waals surface area contributed by atoms with E-state index in [1.165, 1.54) is 49.4 Å². The molecule has 0 aliphatic carbocycles. The van der Waals surface area contributed by atoms with Crippen LogP contribution in [-0.2, 0) is 19.7 Å². The van der Waals surface area contributed by atoms with E-state index in [1.54, 1.807) is 42.5 Å². The van der Waals surface area contributed by atoms with Crippen molar-refractivity contribution in [3.8, 4) is 5.75 Å². The summed E-state index contributed by atoms with van der Waals surface area (Å²) in [6.45, 7) is 3.13. The molecule has 0 aliphatic rings. The number of carbonyl (C=O) groups excluding carboxylic acids is 2. The molecule has 2 amide bonds. The van der Waals surface area contributed by atoms with Gasteiger partial charge in [0.05, 0.1) is 0 Å². The van der Waals surface area contributed by atoms with Crippen molar-refractivity contribution in [1.82, 2.24) is 10.6 Å². The number of aryl methyl sites for hydroxylation is 1. The summed E-state index contributed by atoms with van der Waals surface area (Å²) < 4.78 is 30.2. The standard InChI is InChI=1S/C26H24N2O7S/c1-17-8-14-22(15-9-17)36(33,34)35-21-12-10-19(11-13-21)16-23(25(30)27-18(2)26(31)32)28-24(29)20-6-4-3-5-7-20/h3-16,18H,1-2H3,(H,27,30)(H,28,29)(H,31,32)/b23-16-/t18-/m1/s1. The first-order chi connectivity index (χ1) is 17.0. The first kappa shape index (κ1) is 26.2. The summed E-state index contributed by atoms with van der Waals surface area (Å²) in [5, 5.41) is 13.9. The fraction of sp³-hybridized carbons (Fsp3) is 0.115. The predicted octanol–water partition coefficient (Wildman–Crippen LogP) is 3.12. The zero-order valence-electron chi connectivity index (χ0n) is 19.5. The van der Waals surface area contributed by atoms with Crippen molar-refractivity contribution in [3.63, 3.8) is 0 Å². The lowest BCUT2D eigenvalue weighted by molar-refractivity contribution is -0.140. The van der Waals surface area contributed by atoms with Gasteiger partial charge in [0.15, 0.2) is 0 Å². The third kappa shape index (κ3) is 7.03. The molecule has 0 bridgehead atoms. The molecule has 186 valence electrons. The minimum absolute atomic E-state index is 0.00667. The largest absolute Gasteiger partial charge is 0.480 e. The second-order valence-electron chi connectivity index (χ2n) is 7.83. The van der Waals surface area contributed by atoms with E-state index in [4.69, 9.17) is 9.29 Å². The third-order valence-electron chi connectivity index (χ3n) is 4.95. The van der Waals surface area contributed by atoms with Crippen LogP contribution in [0, 0.1) is 6.92 Å². The lowest BCUT2D eigenvalue weighted by Gasteiger charge is -2.13. The Balaban J connectivity index is 1.83. The maximum Gasteiger partial charge on any atom is 0.339 e. The first-order valence-corrected chi connectivity index (χ1v) is 12.2. The van der Waals surface area contributed by atoms with Crippen molar-refractivity contribution in [2.75, 3.05) is 0 Å². The average Bonchev–Trinajstić information content (AvgIpc) is 2.85. The summed E-state index contributed by atoms with van der Waals surface area (Å²) in [5.41, 5.74) is 1.43. The molecule has 3 rings (SSSR count). The molecule has 3 aromatic rings. The third-order valence-corrected chi connectivity index (χ3v) is 6.21. The Morgan fingerprint density at radius 3 is 2.11 bits per heavy atom. The smallest absolute Gasteiger partial charge is 0.339 e. The Morgan fingerprint density at radius 2 is 1.53 bits per heavy atom. The van der Waals surface area contributed by atoms with Crippen molar-refractivity contribution in [2.45, 2.75) is 24.8 Å². The molecule has 3 N–H and O–H groups in total. The van der Waals surface area contributed by atoms with Gasteiger partial charge in [-0.15, -0.1) is 0 Å². The van der Waals surface area contributed by atoms with Gasteiger partial charge in [-0.2, -0.15) is 8.42 Å². The van der Waals surface area contributed by atoms with E-state index in [0.717, 1.165) is 5.56 Å². The minimum Gasteiger partial charge on any atom is -0.480 e. The van der Waals surface area contributed by atoms with Gasteiger partial charge in [0.2, 0.25) is 0 Å². The van der Waals surface area contributed by atoms with Gasteiger partial charge in [0.25, 0.3) is 11.8 Å². The molecule has 0 aromatic heterocycles.